The minimum Gasteiger partial charge on any atom is -0.479 e. The molecule has 0 saturated carbocycles. The Balaban J connectivity index is 1.58. The molecule has 0 saturated heterocycles. The van der Waals surface area contributed by atoms with Crippen LogP contribution in [0.1, 0.15) is 22.8 Å². The Hall–Kier alpha value is -4.88. The average Bonchev–Trinajstić information content (AvgIpc) is 2.89. The SMILES string of the molecule is N#CC1=NC(C(=O)N[C@H](Cc2ccccc2)[C@@H](O)C(=O)O)C(O)c2ccc(OC3=C=C=C=C=C3)cc21. The van der Waals surface area contributed by atoms with Crippen LogP contribution in [0, 0.1) is 11.3 Å². The number of rotatable bonds is 8. The van der Waals surface area contributed by atoms with Gasteiger partial charge in [0.1, 0.15) is 23.6 Å². The number of carboxylic acids is 1. The number of aliphatic imine (C=N–C) groups is 1. The van der Waals surface area contributed by atoms with Gasteiger partial charge in [0, 0.05) is 11.6 Å². The van der Waals surface area contributed by atoms with Gasteiger partial charge in [0.05, 0.1) is 6.04 Å². The zero-order chi connectivity index (χ0) is 25.7. The summed E-state index contributed by atoms with van der Waals surface area (Å²) in [5.74, 6) is -1.69. The highest BCUT2D eigenvalue weighted by molar-refractivity contribution is 6.14. The van der Waals surface area contributed by atoms with E-state index in [1.165, 1.54) is 18.2 Å². The molecule has 2 aromatic carbocycles. The second kappa shape index (κ2) is 10.6. The Morgan fingerprint density at radius 1 is 1.19 bits per heavy atom. The van der Waals surface area contributed by atoms with Crippen molar-refractivity contribution in [3.05, 3.63) is 100.0 Å². The summed E-state index contributed by atoms with van der Waals surface area (Å²) in [4.78, 5) is 28.6. The summed E-state index contributed by atoms with van der Waals surface area (Å²) < 4.78 is 5.66. The van der Waals surface area contributed by atoms with Gasteiger partial charge in [-0.1, -0.05) is 42.1 Å². The van der Waals surface area contributed by atoms with Crippen LogP contribution < -0.4 is 10.1 Å². The third-order valence-electron chi connectivity index (χ3n) is 5.55. The molecule has 4 N–H and O–H groups in total. The number of aliphatic carboxylic acids is 1. The normalized spacial score (nSPS) is 18.8. The Labute approximate surface area is 205 Å². The highest BCUT2D eigenvalue weighted by Crippen LogP contribution is 2.32. The molecule has 0 bridgehead atoms. The van der Waals surface area contributed by atoms with E-state index in [2.05, 4.69) is 33.2 Å². The summed E-state index contributed by atoms with van der Waals surface area (Å²) in [6.07, 6.45) is -1.80. The summed E-state index contributed by atoms with van der Waals surface area (Å²) in [6.45, 7) is 0. The number of hydrogen-bond donors (Lipinski definition) is 4. The molecular formula is C27H19N3O6. The van der Waals surface area contributed by atoms with Crippen LogP contribution in [-0.2, 0) is 16.0 Å². The summed E-state index contributed by atoms with van der Waals surface area (Å²) in [6, 6.07) is 12.6. The molecule has 0 radical (unpaired) electrons. The lowest BCUT2D eigenvalue weighted by atomic mass is 9.90. The van der Waals surface area contributed by atoms with Crippen molar-refractivity contribution in [2.75, 3.05) is 0 Å². The van der Waals surface area contributed by atoms with Crippen molar-refractivity contribution in [3.63, 3.8) is 0 Å². The maximum Gasteiger partial charge on any atom is 0.334 e. The number of aliphatic hydroxyl groups excluding tert-OH is 2. The Morgan fingerprint density at radius 2 is 1.97 bits per heavy atom. The zero-order valence-corrected chi connectivity index (χ0v) is 18.7. The molecule has 9 heteroatoms. The van der Waals surface area contributed by atoms with E-state index in [-0.39, 0.29) is 23.3 Å². The van der Waals surface area contributed by atoms with Crippen LogP contribution in [-0.4, -0.2) is 51.1 Å². The fraction of sp³-hybridized carbons (Fsp3) is 0.185. The van der Waals surface area contributed by atoms with Crippen LogP contribution in [0.4, 0.5) is 0 Å². The summed E-state index contributed by atoms with van der Waals surface area (Å²) in [7, 11) is 0. The van der Waals surface area contributed by atoms with Gasteiger partial charge >= 0.3 is 5.97 Å². The number of hydrogen-bond acceptors (Lipinski definition) is 7. The number of carbonyl (C=O) groups is 2. The van der Waals surface area contributed by atoms with Crippen LogP contribution in [0.3, 0.4) is 0 Å². The van der Waals surface area contributed by atoms with E-state index < -0.39 is 36.2 Å². The Bertz CT molecular complexity index is 1460. The lowest BCUT2D eigenvalue weighted by Gasteiger charge is -2.29. The van der Waals surface area contributed by atoms with Crippen molar-refractivity contribution >= 4 is 17.6 Å². The van der Waals surface area contributed by atoms with Crippen LogP contribution in [0.15, 0.2) is 88.3 Å². The molecule has 1 aliphatic heterocycles. The van der Waals surface area contributed by atoms with E-state index in [1.807, 2.05) is 6.07 Å². The largest absolute Gasteiger partial charge is 0.479 e. The minimum atomic E-state index is -1.90. The molecule has 2 aliphatic rings. The topological polar surface area (TPSA) is 152 Å². The van der Waals surface area contributed by atoms with E-state index in [1.54, 1.807) is 36.4 Å². The van der Waals surface area contributed by atoms with Gasteiger partial charge in [-0.2, -0.15) is 5.26 Å². The lowest BCUT2D eigenvalue weighted by Crippen LogP contribution is -2.52. The van der Waals surface area contributed by atoms with Crippen molar-refractivity contribution in [1.29, 1.82) is 5.26 Å². The predicted molar refractivity (Wildman–Crippen MR) is 126 cm³/mol. The number of nitriles is 1. The number of nitrogens with one attached hydrogen (secondary N) is 1. The second-order valence-corrected chi connectivity index (χ2v) is 7.95. The number of amides is 1. The molecule has 2 unspecified atom stereocenters. The smallest absolute Gasteiger partial charge is 0.334 e. The zero-order valence-electron chi connectivity index (χ0n) is 18.7. The van der Waals surface area contributed by atoms with Crippen LogP contribution in [0.25, 0.3) is 0 Å². The molecule has 4 rings (SSSR count). The molecule has 0 aromatic heterocycles. The lowest BCUT2D eigenvalue weighted by molar-refractivity contribution is -0.148. The molecule has 9 nitrogen and oxygen atoms in total. The predicted octanol–water partition coefficient (Wildman–Crippen LogP) is 1.48. The third-order valence-corrected chi connectivity index (χ3v) is 5.55. The molecule has 1 heterocycles. The van der Waals surface area contributed by atoms with E-state index in [0.29, 0.717) is 17.1 Å². The maximum atomic E-state index is 13.1. The van der Waals surface area contributed by atoms with Crippen molar-refractivity contribution in [1.82, 2.24) is 5.32 Å². The van der Waals surface area contributed by atoms with E-state index in [9.17, 15) is 30.2 Å². The number of fused-ring (bicyclic) bond motifs is 1. The van der Waals surface area contributed by atoms with Gasteiger partial charge in [-0.05, 0) is 46.9 Å². The van der Waals surface area contributed by atoms with Crippen molar-refractivity contribution in [2.45, 2.75) is 30.7 Å². The van der Waals surface area contributed by atoms with Gasteiger partial charge in [-0.25, -0.2) is 4.79 Å². The standard InChI is InChI=1S/C27H19N3O6/c28-15-22-20-14-18(36-17-9-5-2-6-10-17)11-12-19(20)24(31)23(29-22)26(33)30-21(25(32)27(34)35)13-16-7-3-1-4-8-16/h1,3-4,7-9,11-12,14,21,23-25,31-32H,13H2,(H,30,33)(H,34,35)/t21-,23?,24?,25-/m1/s1. The quantitative estimate of drug-likeness (QED) is 0.417. The van der Waals surface area contributed by atoms with Crippen LogP contribution in [0.5, 0.6) is 5.75 Å². The molecule has 1 amide bonds. The Morgan fingerprint density at radius 3 is 2.64 bits per heavy atom. The molecule has 36 heavy (non-hydrogen) atoms. The first-order valence-corrected chi connectivity index (χ1v) is 10.8. The van der Waals surface area contributed by atoms with Gasteiger partial charge < -0.3 is 25.4 Å². The number of carbonyl (C=O) groups excluding carboxylic acids is 1. The monoisotopic (exact) mass is 481 g/mol. The van der Waals surface area contributed by atoms with E-state index in [0.717, 1.165) is 0 Å². The van der Waals surface area contributed by atoms with Crippen LogP contribution in [0.2, 0.25) is 0 Å². The highest BCUT2D eigenvalue weighted by Gasteiger charge is 2.37. The fourth-order valence-corrected chi connectivity index (χ4v) is 3.80. The Kier molecular flexibility index (Phi) is 7.13. The van der Waals surface area contributed by atoms with Gasteiger partial charge in [-0.15, -0.1) is 0 Å². The molecule has 2 aromatic rings. The number of aliphatic hydroxyl groups is 2. The molecular weight excluding hydrogens is 462 g/mol. The highest BCUT2D eigenvalue weighted by atomic mass is 16.5. The first-order chi connectivity index (χ1) is 17.4. The maximum absolute atomic E-state index is 13.1. The average molecular weight is 481 g/mol. The number of nitrogens with zero attached hydrogens (tertiary/aromatic N) is 2. The molecule has 0 fully saturated rings. The fourth-order valence-electron chi connectivity index (χ4n) is 3.80. The third kappa shape index (κ3) is 5.27. The number of benzene rings is 2. The molecule has 1 aliphatic carbocycles. The van der Waals surface area contributed by atoms with Gasteiger partial charge in [0.2, 0.25) is 5.91 Å². The van der Waals surface area contributed by atoms with Crippen LogP contribution >= 0.6 is 0 Å². The molecule has 178 valence electrons. The number of allylic oxidation sites excluding steroid dienone is 1. The van der Waals surface area contributed by atoms with Gasteiger partial charge in [0.25, 0.3) is 0 Å². The number of carboxylic acid groups (broad SMARTS) is 1. The van der Waals surface area contributed by atoms with Crippen molar-refractivity contribution < 1.29 is 29.6 Å². The summed E-state index contributed by atoms with van der Waals surface area (Å²) in [5.41, 5.74) is 11.7. The summed E-state index contributed by atoms with van der Waals surface area (Å²) >= 11 is 0. The number of ether oxygens (including phenoxy) is 1. The van der Waals surface area contributed by atoms with E-state index in [4.69, 9.17) is 4.74 Å². The van der Waals surface area contributed by atoms with Crippen molar-refractivity contribution in [2.24, 2.45) is 4.99 Å². The van der Waals surface area contributed by atoms with E-state index >= 15 is 0 Å². The molecule has 4 atom stereocenters. The second-order valence-electron chi connectivity index (χ2n) is 7.95. The van der Waals surface area contributed by atoms with Crippen molar-refractivity contribution in [3.8, 4) is 11.8 Å². The van der Waals surface area contributed by atoms with Gasteiger partial charge in [-0.3, -0.25) is 9.79 Å². The molecule has 0 spiro atoms. The minimum absolute atomic E-state index is 0.0259. The van der Waals surface area contributed by atoms with Gasteiger partial charge in [0.15, 0.2) is 17.9 Å². The first-order valence-electron chi connectivity index (χ1n) is 10.8. The summed E-state index contributed by atoms with van der Waals surface area (Å²) in [5, 5.41) is 42.6. The first kappa shape index (κ1) is 24.3.